The molecule has 0 aliphatic carbocycles. The fraction of sp³-hybridized carbons (Fsp3) is 0.286. The first kappa shape index (κ1) is 16.5. The molecule has 0 bridgehead atoms. The fourth-order valence-electron chi connectivity index (χ4n) is 2.15. The molecule has 0 atom stereocenters. The number of benzene rings is 1. The minimum atomic E-state index is -3.93. The summed E-state index contributed by atoms with van der Waals surface area (Å²) in [5.74, 6) is 0.618. The average Bonchev–Trinajstić information content (AvgIpc) is 3.05. The molecule has 1 aromatic carbocycles. The van der Waals surface area contributed by atoms with Crippen LogP contribution in [0.1, 0.15) is 10.6 Å². The van der Waals surface area contributed by atoms with Gasteiger partial charge in [0.1, 0.15) is 16.4 Å². The van der Waals surface area contributed by atoms with Gasteiger partial charge in [0.15, 0.2) is 0 Å². The predicted molar refractivity (Wildman–Crippen MR) is 90.7 cm³/mol. The number of hydrogen-bond acceptors (Lipinski definition) is 7. The van der Waals surface area contributed by atoms with Gasteiger partial charge in [0, 0.05) is 10.9 Å². The smallest absolute Gasteiger partial charge is 0.268 e. The second-order valence-electron chi connectivity index (χ2n) is 5.00. The lowest BCUT2D eigenvalue weighted by atomic mass is 10.3. The first-order valence-corrected chi connectivity index (χ1v) is 9.23. The number of nitrogens with one attached hydrogen (secondary N) is 1. The highest BCUT2D eigenvalue weighted by molar-refractivity contribution is 7.92. The van der Waals surface area contributed by atoms with Gasteiger partial charge in [-0.25, -0.2) is 17.7 Å². The second kappa shape index (κ2) is 5.95. The van der Waals surface area contributed by atoms with Gasteiger partial charge in [0.25, 0.3) is 16.0 Å². The maximum atomic E-state index is 12.7. The van der Waals surface area contributed by atoms with Crippen LogP contribution in [0.3, 0.4) is 0 Å². The Hall–Kier alpha value is -2.33. The molecule has 0 aliphatic rings. The van der Waals surface area contributed by atoms with Gasteiger partial charge in [-0.1, -0.05) is 11.3 Å². The molecule has 1 N–H and O–H groups in total. The molecule has 24 heavy (non-hydrogen) atoms. The van der Waals surface area contributed by atoms with Gasteiger partial charge in [0.2, 0.25) is 4.96 Å². The van der Waals surface area contributed by atoms with Crippen LogP contribution < -0.4 is 14.2 Å². The van der Waals surface area contributed by atoms with Crippen LogP contribution in [0.4, 0.5) is 5.95 Å². The highest BCUT2D eigenvalue weighted by atomic mass is 32.2. The van der Waals surface area contributed by atoms with E-state index in [9.17, 15) is 8.42 Å². The third kappa shape index (κ3) is 2.78. The van der Waals surface area contributed by atoms with Crippen molar-refractivity contribution in [3.63, 3.8) is 0 Å². The summed E-state index contributed by atoms with van der Waals surface area (Å²) in [6, 6.07) is 4.53. The molecule has 0 spiro atoms. The number of nitrogens with zero attached hydrogens (tertiary/aromatic N) is 3. The van der Waals surface area contributed by atoms with Crippen LogP contribution in [0.15, 0.2) is 23.1 Å². The SMILES string of the molecule is COc1ccc(OC)c(S(=O)(=O)Nc2nc3sc(C)c(C)n3n2)c1. The van der Waals surface area contributed by atoms with Crippen LogP contribution in [-0.2, 0) is 10.0 Å². The first-order valence-electron chi connectivity index (χ1n) is 6.93. The van der Waals surface area contributed by atoms with Crippen molar-refractivity contribution in [2.24, 2.45) is 0 Å². The maximum Gasteiger partial charge on any atom is 0.268 e. The van der Waals surface area contributed by atoms with Gasteiger partial charge in [-0.05, 0) is 26.0 Å². The van der Waals surface area contributed by atoms with E-state index in [-0.39, 0.29) is 16.6 Å². The van der Waals surface area contributed by atoms with E-state index in [2.05, 4.69) is 14.8 Å². The van der Waals surface area contributed by atoms with Crippen LogP contribution in [0.2, 0.25) is 0 Å². The van der Waals surface area contributed by atoms with Crippen molar-refractivity contribution in [1.82, 2.24) is 14.6 Å². The van der Waals surface area contributed by atoms with E-state index in [1.807, 2.05) is 13.8 Å². The van der Waals surface area contributed by atoms with E-state index in [0.717, 1.165) is 10.6 Å². The lowest BCUT2D eigenvalue weighted by Crippen LogP contribution is -2.15. The Labute approximate surface area is 143 Å². The summed E-state index contributed by atoms with van der Waals surface area (Å²) >= 11 is 1.44. The number of hydrogen-bond donors (Lipinski definition) is 1. The van der Waals surface area contributed by atoms with Crippen molar-refractivity contribution < 1.29 is 17.9 Å². The monoisotopic (exact) mass is 368 g/mol. The highest BCUT2D eigenvalue weighted by Gasteiger charge is 2.23. The molecule has 2 heterocycles. The molecule has 0 amide bonds. The van der Waals surface area contributed by atoms with Crippen molar-refractivity contribution in [1.29, 1.82) is 0 Å². The Kier molecular flexibility index (Phi) is 4.10. The van der Waals surface area contributed by atoms with E-state index in [1.54, 1.807) is 10.6 Å². The van der Waals surface area contributed by atoms with Crippen LogP contribution in [0, 0.1) is 13.8 Å². The van der Waals surface area contributed by atoms with Gasteiger partial charge in [0.05, 0.1) is 19.9 Å². The van der Waals surface area contributed by atoms with Crippen molar-refractivity contribution in [3.8, 4) is 11.5 Å². The largest absolute Gasteiger partial charge is 0.497 e. The molecule has 2 aromatic heterocycles. The zero-order valence-electron chi connectivity index (χ0n) is 13.5. The number of sulfonamides is 1. The van der Waals surface area contributed by atoms with Crippen molar-refractivity contribution in [2.45, 2.75) is 18.7 Å². The first-order chi connectivity index (χ1) is 11.4. The van der Waals surface area contributed by atoms with Gasteiger partial charge in [-0.2, -0.15) is 4.98 Å². The Morgan fingerprint density at radius 1 is 1.21 bits per heavy atom. The standard InChI is InChI=1S/C14H16N4O4S2/c1-8-9(2)23-14-15-13(16-18(8)14)17-24(19,20)12-7-10(21-3)5-6-11(12)22-4/h5-7H,1-4H3,(H,16,17). The molecule has 10 heteroatoms. The number of ether oxygens (including phenoxy) is 2. The summed E-state index contributed by atoms with van der Waals surface area (Å²) < 4.78 is 39.5. The zero-order chi connectivity index (χ0) is 17.5. The Bertz CT molecular complexity index is 1010. The fourth-order valence-corrected chi connectivity index (χ4v) is 4.18. The topological polar surface area (TPSA) is 94.8 Å². The number of anilines is 1. The predicted octanol–water partition coefficient (Wildman–Crippen LogP) is 2.23. The highest BCUT2D eigenvalue weighted by Crippen LogP contribution is 2.29. The molecule has 0 unspecified atom stereocenters. The van der Waals surface area contributed by atoms with Gasteiger partial charge in [-0.15, -0.1) is 5.10 Å². The molecular weight excluding hydrogens is 352 g/mol. The van der Waals surface area contributed by atoms with Gasteiger partial charge in [-0.3, -0.25) is 0 Å². The summed E-state index contributed by atoms with van der Waals surface area (Å²) in [5.41, 5.74) is 0.923. The summed E-state index contributed by atoms with van der Waals surface area (Å²) in [4.78, 5) is 5.87. The average molecular weight is 368 g/mol. The third-order valence-corrected chi connectivity index (χ3v) is 5.93. The molecule has 3 rings (SSSR count). The molecule has 0 radical (unpaired) electrons. The Morgan fingerprint density at radius 3 is 2.58 bits per heavy atom. The number of methoxy groups -OCH3 is 2. The number of aromatic nitrogens is 3. The lowest BCUT2D eigenvalue weighted by molar-refractivity contribution is 0.392. The number of fused-ring (bicyclic) bond motifs is 1. The van der Waals surface area contributed by atoms with Gasteiger partial charge < -0.3 is 9.47 Å². The summed E-state index contributed by atoms with van der Waals surface area (Å²) in [7, 11) is -1.07. The zero-order valence-corrected chi connectivity index (χ0v) is 15.2. The molecule has 0 fully saturated rings. The van der Waals surface area contributed by atoms with Crippen LogP contribution in [0.5, 0.6) is 11.5 Å². The van der Waals surface area contributed by atoms with Gasteiger partial charge >= 0.3 is 0 Å². The lowest BCUT2D eigenvalue weighted by Gasteiger charge is -2.11. The Morgan fingerprint density at radius 2 is 1.96 bits per heavy atom. The normalized spacial score (nSPS) is 11.7. The molecule has 3 aromatic rings. The van der Waals surface area contributed by atoms with Crippen LogP contribution in [-0.4, -0.2) is 37.2 Å². The van der Waals surface area contributed by atoms with Crippen LogP contribution in [0.25, 0.3) is 4.96 Å². The molecule has 0 saturated heterocycles. The van der Waals surface area contributed by atoms with E-state index in [1.165, 1.54) is 37.7 Å². The van der Waals surface area contributed by atoms with Crippen molar-refractivity contribution in [3.05, 3.63) is 28.8 Å². The minimum absolute atomic E-state index is 0.00854. The van der Waals surface area contributed by atoms with Crippen LogP contribution >= 0.6 is 11.3 Å². The number of aryl methyl sites for hydroxylation is 2. The quantitative estimate of drug-likeness (QED) is 0.742. The van der Waals surface area contributed by atoms with E-state index >= 15 is 0 Å². The summed E-state index contributed by atoms with van der Waals surface area (Å²) in [6.07, 6.45) is 0. The Balaban J connectivity index is 2.01. The minimum Gasteiger partial charge on any atom is -0.497 e. The van der Waals surface area contributed by atoms with E-state index in [4.69, 9.17) is 9.47 Å². The number of thiazole rings is 1. The third-order valence-electron chi connectivity index (χ3n) is 3.54. The number of rotatable bonds is 5. The summed E-state index contributed by atoms with van der Waals surface area (Å²) in [5, 5.41) is 4.20. The van der Waals surface area contributed by atoms with E-state index < -0.39 is 10.0 Å². The summed E-state index contributed by atoms with van der Waals surface area (Å²) in [6.45, 7) is 3.86. The van der Waals surface area contributed by atoms with Crippen molar-refractivity contribution in [2.75, 3.05) is 18.9 Å². The van der Waals surface area contributed by atoms with Crippen molar-refractivity contribution >= 4 is 32.3 Å². The molecule has 128 valence electrons. The molecule has 8 nitrogen and oxygen atoms in total. The molecular formula is C14H16N4O4S2. The molecule has 0 aliphatic heterocycles. The van der Waals surface area contributed by atoms with E-state index in [0.29, 0.717) is 10.7 Å². The second-order valence-corrected chi connectivity index (χ2v) is 7.83. The molecule has 0 saturated carbocycles. The maximum absolute atomic E-state index is 12.7.